The molecule has 0 saturated heterocycles. The van der Waals surface area contributed by atoms with Crippen molar-refractivity contribution in [1.82, 2.24) is 30.0 Å². The van der Waals surface area contributed by atoms with E-state index in [0.29, 0.717) is 11.7 Å². The van der Waals surface area contributed by atoms with Gasteiger partial charge in [0.15, 0.2) is 0 Å². The third-order valence-corrected chi connectivity index (χ3v) is 4.68. The van der Waals surface area contributed by atoms with Crippen LogP contribution in [-0.4, -0.2) is 42.6 Å². The number of H-pyrrole nitrogens is 1. The maximum Gasteiger partial charge on any atom is 0.324 e. The number of nitrogens with zero attached hydrogens (tertiary/aromatic N) is 5. The first-order valence-electron chi connectivity index (χ1n) is 7.52. The molecule has 4 heterocycles. The first-order chi connectivity index (χ1) is 11.7. The lowest BCUT2D eigenvalue weighted by Crippen LogP contribution is -2.43. The Kier molecular flexibility index (Phi) is 3.69. The van der Waals surface area contributed by atoms with Crippen LogP contribution in [0, 0.1) is 6.92 Å². The molecule has 1 aliphatic rings. The smallest absolute Gasteiger partial charge is 0.324 e. The molecule has 9 heteroatoms. The Bertz CT molecular complexity index is 860. The van der Waals surface area contributed by atoms with E-state index in [1.54, 1.807) is 23.6 Å². The zero-order valence-corrected chi connectivity index (χ0v) is 13.7. The summed E-state index contributed by atoms with van der Waals surface area (Å²) in [6.07, 6.45) is 5.88. The first kappa shape index (κ1) is 14.8. The number of aryl methyl sites for hydroxylation is 1. The maximum atomic E-state index is 12.8. The van der Waals surface area contributed by atoms with E-state index in [1.807, 2.05) is 19.1 Å². The third-order valence-electron chi connectivity index (χ3n) is 3.93. The summed E-state index contributed by atoms with van der Waals surface area (Å²) in [6.45, 7) is 2.43. The Balaban J connectivity index is 1.67. The van der Waals surface area contributed by atoms with Gasteiger partial charge in [0.25, 0.3) is 0 Å². The van der Waals surface area contributed by atoms with Crippen molar-refractivity contribution in [2.24, 2.45) is 0 Å². The number of urea groups is 1. The van der Waals surface area contributed by atoms with Gasteiger partial charge in [0.2, 0.25) is 5.13 Å². The Morgan fingerprint density at radius 2 is 2.38 bits per heavy atom. The van der Waals surface area contributed by atoms with Crippen LogP contribution < -0.4 is 5.32 Å². The molecule has 1 atom stereocenters. The minimum atomic E-state index is -0.275. The standard InChI is InChI=1S/C15H15N7OS/c1-9-20-21-14(24-9)19-15(23)22-6-4-11-12(18-8-17-11)13(22)10-3-2-5-16-7-10/h2-3,5,7-8,13H,4,6H2,1H3,(H,17,18)(H,19,21,23)/t13-/m0/s1. The zero-order valence-electron chi connectivity index (χ0n) is 12.9. The number of amides is 2. The Labute approximate surface area is 142 Å². The summed E-state index contributed by atoms with van der Waals surface area (Å²) >= 11 is 1.35. The highest BCUT2D eigenvalue weighted by atomic mass is 32.1. The largest absolute Gasteiger partial charge is 0.348 e. The SMILES string of the molecule is Cc1nnc(NC(=O)N2CCc3[nH]cnc3[C@@H]2c2cccnc2)s1. The number of carbonyl (C=O) groups excluding carboxylic acids is 1. The molecule has 1 aliphatic heterocycles. The number of nitrogens with one attached hydrogen (secondary N) is 2. The van der Waals surface area contributed by atoms with Crippen LogP contribution in [0.4, 0.5) is 9.93 Å². The molecule has 122 valence electrons. The van der Waals surface area contributed by atoms with Crippen LogP contribution >= 0.6 is 11.3 Å². The van der Waals surface area contributed by atoms with Crippen molar-refractivity contribution in [3.05, 3.63) is 52.8 Å². The second-order valence-electron chi connectivity index (χ2n) is 5.46. The van der Waals surface area contributed by atoms with Gasteiger partial charge in [-0.15, -0.1) is 10.2 Å². The summed E-state index contributed by atoms with van der Waals surface area (Å²) in [5.74, 6) is 0. The average Bonchev–Trinajstić information content (AvgIpc) is 3.23. The molecule has 3 aromatic rings. The lowest BCUT2D eigenvalue weighted by Gasteiger charge is -2.34. The highest BCUT2D eigenvalue weighted by Crippen LogP contribution is 2.33. The van der Waals surface area contributed by atoms with Gasteiger partial charge in [0.05, 0.1) is 12.0 Å². The van der Waals surface area contributed by atoms with Gasteiger partial charge in [-0.3, -0.25) is 10.3 Å². The van der Waals surface area contributed by atoms with E-state index in [2.05, 4.69) is 30.5 Å². The van der Waals surface area contributed by atoms with E-state index in [0.717, 1.165) is 28.4 Å². The van der Waals surface area contributed by atoms with Gasteiger partial charge in [-0.05, 0) is 18.6 Å². The molecule has 0 bridgehead atoms. The molecule has 0 aliphatic carbocycles. The quantitative estimate of drug-likeness (QED) is 0.744. The van der Waals surface area contributed by atoms with Gasteiger partial charge < -0.3 is 9.88 Å². The summed E-state index contributed by atoms with van der Waals surface area (Å²) in [5, 5.41) is 12.0. The summed E-state index contributed by atoms with van der Waals surface area (Å²) in [5.41, 5.74) is 2.84. The van der Waals surface area contributed by atoms with Crippen molar-refractivity contribution < 1.29 is 4.79 Å². The molecule has 0 unspecified atom stereocenters. The van der Waals surface area contributed by atoms with Crippen molar-refractivity contribution in [1.29, 1.82) is 0 Å². The number of anilines is 1. The highest BCUT2D eigenvalue weighted by Gasteiger charge is 2.34. The number of aromatic amines is 1. The van der Waals surface area contributed by atoms with E-state index >= 15 is 0 Å². The Hall–Kier alpha value is -2.81. The number of fused-ring (bicyclic) bond motifs is 1. The summed E-state index contributed by atoms with van der Waals surface area (Å²) in [6, 6.07) is 3.33. The lowest BCUT2D eigenvalue weighted by atomic mass is 9.97. The fraction of sp³-hybridized carbons (Fsp3) is 0.267. The number of hydrogen-bond donors (Lipinski definition) is 2. The number of rotatable bonds is 2. The predicted molar refractivity (Wildman–Crippen MR) is 88.7 cm³/mol. The van der Waals surface area contributed by atoms with Gasteiger partial charge >= 0.3 is 6.03 Å². The number of carbonyl (C=O) groups is 1. The van der Waals surface area contributed by atoms with E-state index in [4.69, 9.17) is 0 Å². The van der Waals surface area contributed by atoms with Crippen LogP contribution in [0.3, 0.4) is 0 Å². The molecule has 24 heavy (non-hydrogen) atoms. The second kappa shape index (κ2) is 6.00. The van der Waals surface area contributed by atoms with Gasteiger partial charge in [-0.1, -0.05) is 17.4 Å². The third kappa shape index (κ3) is 2.62. The number of pyridine rings is 1. The first-order valence-corrected chi connectivity index (χ1v) is 8.34. The lowest BCUT2D eigenvalue weighted by molar-refractivity contribution is 0.192. The summed E-state index contributed by atoms with van der Waals surface area (Å²) in [7, 11) is 0. The average molecular weight is 341 g/mol. The molecule has 0 aromatic carbocycles. The van der Waals surface area contributed by atoms with Crippen LogP contribution in [0.25, 0.3) is 0 Å². The normalized spacial score (nSPS) is 16.7. The van der Waals surface area contributed by atoms with Gasteiger partial charge in [-0.25, -0.2) is 9.78 Å². The van der Waals surface area contributed by atoms with E-state index in [1.165, 1.54) is 11.3 Å². The van der Waals surface area contributed by atoms with Crippen molar-refractivity contribution in [2.75, 3.05) is 11.9 Å². The molecule has 0 fully saturated rings. The fourth-order valence-electron chi connectivity index (χ4n) is 2.88. The molecule has 2 amide bonds. The summed E-state index contributed by atoms with van der Waals surface area (Å²) in [4.78, 5) is 26.3. The number of imidazole rings is 1. The molecular weight excluding hydrogens is 326 g/mol. The second-order valence-corrected chi connectivity index (χ2v) is 6.64. The molecule has 2 N–H and O–H groups in total. The van der Waals surface area contributed by atoms with Crippen LogP contribution in [0.15, 0.2) is 30.9 Å². The molecular formula is C15H15N7OS. The minimum Gasteiger partial charge on any atom is -0.348 e. The fourth-order valence-corrected chi connectivity index (χ4v) is 3.46. The molecule has 0 radical (unpaired) electrons. The molecule has 0 spiro atoms. The highest BCUT2D eigenvalue weighted by molar-refractivity contribution is 7.15. The van der Waals surface area contributed by atoms with Crippen LogP contribution in [0.1, 0.15) is 28.0 Å². The van der Waals surface area contributed by atoms with E-state index < -0.39 is 0 Å². The van der Waals surface area contributed by atoms with Crippen LogP contribution in [0.5, 0.6) is 0 Å². The molecule has 0 saturated carbocycles. The van der Waals surface area contributed by atoms with Crippen LogP contribution in [-0.2, 0) is 6.42 Å². The van der Waals surface area contributed by atoms with Crippen molar-refractivity contribution in [2.45, 2.75) is 19.4 Å². The summed E-state index contributed by atoms with van der Waals surface area (Å²) < 4.78 is 0. The maximum absolute atomic E-state index is 12.8. The predicted octanol–water partition coefficient (Wildman–Crippen LogP) is 2.14. The van der Waals surface area contributed by atoms with Crippen LogP contribution in [0.2, 0.25) is 0 Å². The number of aromatic nitrogens is 5. The van der Waals surface area contributed by atoms with Crippen molar-refractivity contribution in [3.8, 4) is 0 Å². The molecule has 8 nitrogen and oxygen atoms in total. The van der Waals surface area contributed by atoms with Gasteiger partial charge in [-0.2, -0.15) is 0 Å². The van der Waals surface area contributed by atoms with Crippen molar-refractivity contribution in [3.63, 3.8) is 0 Å². The van der Waals surface area contributed by atoms with E-state index in [9.17, 15) is 4.79 Å². The number of hydrogen-bond acceptors (Lipinski definition) is 6. The Morgan fingerprint density at radius 1 is 1.46 bits per heavy atom. The molecule has 3 aromatic heterocycles. The topological polar surface area (TPSA) is 99.7 Å². The van der Waals surface area contributed by atoms with E-state index in [-0.39, 0.29) is 12.1 Å². The Morgan fingerprint density at radius 3 is 3.12 bits per heavy atom. The zero-order chi connectivity index (χ0) is 16.5. The van der Waals surface area contributed by atoms with Gasteiger partial charge in [0.1, 0.15) is 11.0 Å². The van der Waals surface area contributed by atoms with Crippen molar-refractivity contribution >= 4 is 22.5 Å². The van der Waals surface area contributed by atoms with Gasteiger partial charge in [0, 0.05) is 31.1 Å². The minimum absolute atomic E-state index is 0.214. The molecule has 4 rings (SSSR count). The monoisotopic (exact) mass is 341 g/mol.